The number of ether oxygens (including phenoxy) is 1. The smallest absolute Gasteiger partial charge is 0.307 e. The van der Waals surface area contributed by atoms with Crippen molar-refractivity contribution in [2.45, 2.75) is 88.6 Å². The van der Waals surface area contributed by atoms with Crippen LogP contribution in [0, 0.1) is 17.3 Å². The Bertz CT molecular complexity index is 525. The van der Waals surface area contributed by atoms with E-state index in [0.717, 1.165) is 31.1 Å². The standard InChI is InChI=1S/C19H30BrNO3/c1-12(16(23)21-17(2,3)4)24-15(22)10-18-6-13-5-14(7-18)9-19(20,8-13)11-18/h12-14H,5-11H2,1-4H3,(H,21,23). The molecule has 0 aromatic carbocycles. The van der Waals surface area contributed by atoms with E-state index in [-0.39, 0.29) is 27.2 Å². The van der Waals surface area contributed by atoms with E-state index in [4.69, 9.17) is 4.74 Å². The minimum Gasteiger partial charge on any atom is -0.453 e. The molecule has 0 radical (unpaired) electrons. The molecule has 0 saturated heterocycles. The second-order valence-electron chi connectivity index (χ2n) is 9.66. The first kappa shape index (κ1) is 18.2. The van der Waals surface area contributed by atoms with Crippen molar-refractivity contribution in [2.75, 3.05) is 0 Å². The molecule has 136 valence electrons. The van der Waals surface area contributed by atoms with Gasteiger partial charge in [-0.1, -0.05) is 15.9 Å². The highest BCUT2D eigenvalue weighted by atomic mass is 79.9. The predicted octanol–water partition coefficient (Wildman–Crippen LogP) is 3.96. The number of nitrogens with one attached hydrogen (secondary N) is 1. The quantitative estimate of drug-likeness (QED) is 0.574. The molecule has 0 spiro atoms. The Morgan fingerprint density at radius 3 is 2.29 bits per heavy atom. The first-order valence-corrected chi connectivity index (χ1v) is 9.97. The molecule has 0 aromatic rings. The summed E-state index contributed by atoms with van der Waals surface area (Å²) in [5.74, 6) is 1.06. The van der Waals surface area contributed by atoms with E-state index < -0.39 is 6.10 Å². The zero-order valence-corrected chi connectivity index (χ0v) is 16.9. The van der Waals surface area contributed by atoms with Crippen LogP contribution in [0.25, 0.3) is 0 Å². The van der Waals surface area contributed by atoms with E-state index in [1.165, 1.54) is 19.3 Å². The Balaban J connectivity index is 1.58. The molecule has 4 saturated carbocycles. The number of hydrogen-bond donors (Lipinski definition) is 1. The lowest BCUT2D eigenvalue weighted by molar-refractivity contribution is -0.161. The number of halogens is 1. The number of rotatable bonds is 4. The number of carbonyl (C=O) groups excluding carboxylic acids is 2. The molecule has 0 aromatic heterocycles. The fourth-order valence-corrected chi connectivity index (χ4v) is 7.12. The summed E-state index contributed by atoms with van der Waals surface area (Å²) in [6, 6.07) is 0. The van der Waals surface area contributed by atoms with Crippen LogP contribution in [0.4, 0.5) is 0 Å². The van der Waals surface area contributed by atoms with Gasteiger partial charge in [-0.15, -0.1) is 0 Å². The lowest BCUT2D eigenvalue weighted by atomic mass is 9.49. The molecule has 3 atom stereocenters. The lowest BCUT2D eigenvalue weighted by Crippen LogP contribution is -2.53. The zero-order chi connectivity index (χ0) is 17.8. The van der Waals surface area contributed by atoms with Gasteiger partial charge in [0.05, 0.1) is 6.42 Å². The predicted molar refractivity (Wildman–Crippen MR) is 96.8 cm³/mol. The average molecular weight is 400 g/mol. The van der Waals surface area contributed by atoms with Gasteiger partial charge in [0.2, 0.25) is 0 Å². The molecule has 4 rings (SSSR count). The van der Waals surface area contributed by atoms with Crippen molar-refractivity contribution in [3.05, 3.63) is 0 Å². The second kappa shape index (κ2) is 6.00. The molecule has 4 aliphatic carbocycles. The first-order chi connectivity index (χ1) is 11.0. The van der Waals surface area contributed by atoms with Crippen LogP contribution in [0.15, 0.2) is 0 Å². The molecule has 4 aliphatic rings. The summed E-state index contributed by atoms with van der Waals surface area (Å²) >= 11 is 3.97. The van der Waals surface area contributed by atoms with E-state index >= 15 is 0 Å². The second-order valence-corrected chi connectivity index (χ2v) is 11.3. The molecule has 1 N–H and O–H groups in total. The maximum atomic E-state index is 12.5. The number of esters is 1. The van der Waals surface area contributed by atoms with Gasteiger partial charge in [-0.25, -0.2) is 0 Å². The third kappa shape index (κ3) is 3.97. The van der Waals surface area contributed by atoms with Gasteiger partial charge in [0.15, 0.2) is 6.10 Å². The van der Waals surface area contributed by atoms with E-state index in [1.807, 2.05) is 20.8 Å². The van der Waals surface area contributed by atoms with Crippen LogP contribution >= 0.6 is 15.9 Å². The molecule has 4 bridgehead atoms. The Hall–Kier alpha value is -0.580. The van der Waals surface area contributed by atoms with Crippen LogP contribution in [-0.4, -0.2) is 27.8 Å². The third-order valence-electron chi connectivity index (χ3n) is 5.81. The van der Waals surface area contributed by atoms with Crippen LogP contribution in [-0.2, 0) is 14.3 Å². The third-order valence-corrected chi connectivity index (χ3v) is 6.73. The van der Waals surface area contributed by atoms with Gasteiger partial charge < -0.3 is 10.1 Å². The summed E-state index contributed by atoms with van der Waals surface area (Å²) in [6.07, 6.45) is 6.93. The molecule has 0 aliphatic heterocycles. The maximum absolute atomic E-state index is 12.5. The van der Waals surface area contributed by atoms with Gasteiger partial charge >= 0.3 is 5.97 Å². The normalized spacial score (nSPS) is 38.7. The van der Waals surface area contributed by atoms with Crippen molar-refractivity contribution in [2.24, 2.45) is 17.3 Å². The molecule has 5 heteroatoms. The van der Waals surface area contributed by atoms with Gasteiger partial charge in [-0.3, -0.25) is 9.59 Å². The summed E-state index contributed by atoms with van der Waals surface area (Å²) < 4.78 is 5.71. The monoisotopic (exact) mass is 399 g/mol. The highest BCUT2D eigenvalue weighted by molar-refractivity contribution is 9.10. The van der Waals surface area contributed by atoms with Crippen molar-refractivity contribution in [1.29, 1.82) is 0 Å². The summed E-state index contributed by atoms with van der Waals surface area (Å²) in [7, 11) is 0. The Labute approximate surface area is 153 Å². The van der Waals surface area contributed by atoms with Crippen LogP contribution in [0.5, 0.6) is 0 Å². The summed E-state index contributed by atoms with van der Waals surface area (Å²) in [5.41, 5.74) is -0.231. The zero-order valence-electron chi connectivity index (χ0n) is 15.3. The topological polar surface area (TPSA) is 55.4 Å². The van der Waals surface area contributed by atoms with E-state index in [0.29, 0.717) is 6.42 Å². The minimum atomic E-state index is -0.733. The summed E-state index contributed by atoms with van der Waals surface area (Å²) in [6.45, 7) is 7.42. The van der Waals surface area contributed by atoms with Gasteiger partial charge in [0.1, 0.15) is 0 Å². The average Bonchev–Trinajstić information content (AvgIpc) is 2.31. The molecule has 4 fully saturated rings. The van der Waals surface area contributed by atoms with Gasteiger partial charge in [-0.2, -0.15) is 0 Å². The molecular weight excluding hydrogens is 370 g/mol. The highest BCUT2D eigenvalue weighted by Crippen LogP contribution is 2.65. The van der Waals surface area contributed by atoms with Crippen LogP contribution in [0.1, 0.15) is 72.6 Å². The van der Waals surface area contributed by atoms with Crippen LogP contribution in [0.3, 0.4) is 0 Å². The molecule has 4 nitrogen and oxygen atoms in total. The largest absolute Gasteiger partial charge is 0.453 e. The summed E-state index contributed by atoms with van der Waals surface area (Å²) in [5, 5.41) is 2.87. The first-order valence-electron chi connectivity index (χ1n) is 9.18. The molecule has 1 amide bonds. The minimum absolute atomic E-state index is 0.0882. The fourth-order valence-electron chi connectivity index (χ4n) is 5.61. The highest BCUT2D eigenvalue weighted by Gasteiger charge is 2.57. The van der Waals surface area contributed by atoms with Crippen molar-refractivity contribution >= 4 is 27.8 Å². The van der Waals surface area contributed by atoms with E-state index in [2.05, 4.69) is 21.2 Å². The van der Waals surface area contributed by atoms with Crippen molar-refractivity contribution in [1.82, 2.24) is 5.32 Å². The number of amides is 1. The van der Waals surface area contributed by atoms with Crippen molar-refractivity contribution < 1.29 is 14.3 Å². The Kier molecular flexibility index (Phi) is 4.55. The number of carbonyl (C=O) groups is 2. The van der Waals surface area contributed by atoms with Crippen molar-refractivity contribution in [3.63, 3.8) is 0 Å². The number of alkyl halides is 1. The Morgan fingerprint density at radius 1 is 1.21 bits per heavy atom. The van der Waals surface area contributed by atoms with E-state index in [1.54, 1.807) is 6.92 Å². The van der Waals surface area contributed by atoms with Crippen molar-refractivity contribution in [3.8, 4) is 0 Å². The van der Waals surface area contributed by atoms with Crippen LogP contribution in [0.2, 0.25) is 0 Å². The molecular formula is C19H30BrNO3. The molecule has 24 heavy (non-hydrogen) atoms. The molecule has 0 heterocycles. The summed E-state index contributed by atoms with van der Waals surface area (Å²) in [4.78, 5) is 24.6. The Morgan fingerprint density at radius 2 is 1.79 bits per heavy atom. The fraction of sp³-hybridized carbons (Fsp3) is 0.895. The van der Waals surface area contributed by atoms with Gasteiger partial charge in [0.25, 0.3) is 5.91 Å². The van der Waals surface area contributed by atoms with Crippen LogP contribution < -0.4 is 5.32 Å². The SMILES string of the molecule is CC(OC(=O)CC12CC3CC(CC(Br)(C3)C1)C2)C(=O)NC(C)(C)C. The van der Waals surface area contributed by atoms with E-state index in [9.17, 15) is 9.59 Å². The lowest BCUT2D eigenvalue weighted by Gasteiger charge is -2.60. The number of hydrogen-bond acceptors (Lipinski definition) is 3. The van der Waals surface area contributed by atoms with Gasteiger partial charge in [-0.05, 0) is 83.5 Å². The van der Waals surface area contributed by atoms with Gasteiger partial charge in [0, 0.05) is 9.86 Å². The molecule has 3 unspecified atom stereocenters. The maximum Gasteiger partial charge on any atom is 0.307 e.